The fraction of sp³-hybridized carbons (Fsp3) is 0.348. The van der Waals surface area contributed by atoms with Gasteiger partial charge in [-0.05, 0) is 47.7 Å². The van der Waals surface area contributed by atoms with Crippen LogP contribution in [0.5, 0.6) is 5.75 Å². The number of ether oxygens (including phenoxy) is 1. The van der Waals surface area contributed by atoms with Gasteiger partial charge in [-0.1, -0.05) is 51.5 Å². The SMILES string of the molecule is CCCC(C)COc1ccc(C(C(N)=O)=C(O)[C@H](C)c2ccc(F)cc2)cc1. The lowest BCUT2D eigenvalue weighted by atomic mass is 9.93. The molecule has 0 aliphatic carbocycles. The number of rotatable bonds is 9. The minimum absolute atomic E-state index is 0.0442. The van der Waals surface area contributed by atoms with Gasteiger partial charge in [-0.3, -0.25) is 4.79 Å². The van der Waals surface area contributed by atoms with Crippen molar-refractivity contribution in [3.63, 3.8) is 0 Å². The molecule has 0 aromatic heterocycles. The molecule has 0 spiro atoms. The molecule has 1 amide bonds. The van der Waals surface area contributed by atoms with E-state index in [0.717, 1.165) is 12.8 Å². The zero-order valence-corrected chi connectivity index (χ0v) is 16.6. The first kappa shape index (κ1) is 21.5. The number of aliphatic hydroxyl groups excluding tert-OH is 1. The fourth-order valence-electron chi connectivity index (χ4n) is 3.07. The second-order valence-electron chi connectivity index (χ2n) is 7.13. The summed E-state index contributed by atoms with van der Waals surface area (Å²) in [7, 11) is 0. The Kier molecular flexibility index (Phi) is 7.61. The molecule has 2 rings (SSSR count). The average Bonchev–Trinajstić information content (AvgIpc) is 2.67. The van der Waals surface area contributed by atoms with Crippen molar-refractivity contribution in [2.24, 2.45) is 11.7 Å². The van der Waals surface area contributed by atoms with Crippen molar-refractivity contribution in [1.29, 1.82) is 0 Å². The summed E-state index contributed by atoms with van der Waals surface area (Å²) < 4.78 is 18.9. The number of nitrogens with two attached hydrogens (primary N) is 1. The Bertz CT molecular complexity index is 813. The van der Waals surface area contributed by atoms with E-state index in [1.807, 2.05) is 0 Å². The van der Waals surface area contributed by atoms with Crippen molar-refractivity contribution in [2.45, 2.75) is 39.5 Å². The summed E-state index contributed by atoms with van der Waals surface area (Å²) in [6, 6.07) is 12.7. The van der Waals surface area contributed by atoms with E-state index in [0.29, 0.717) is 29.4 Å². The first-order chi connectivity index (χ1) is 13.3. The molecular weight excluding hydrogens is 357 g/mol. The molecule has 0 saturated heterocycles. The molecule has 0 aliphatic heterocycles. The lowest BCUT2D eigenvalue weighted by Crippen LogP contribution is -2.17. The molecule has 0 radical (unpaired) electrons. The number of halogens is 1. The van der Waals surface area contributed by atoms with Crippen LogP contribution < -0.4 is 10.5 Å². The zero-order valence-electron chi connectivity index (χ0n) is 16.6. The van der Waals surface area contributed by atoms with Crippen LogP contribution >= 0.6 is 0 Å². The quantitative estimate of drug-likeness (QED) is 0.460. The topological polar surface area (TPSA) is 72.5 Å². The highest BCUT2D eigenvalue weighted by molar-refractivity contribution is 6.19. The van der Waals surface area contributed by atoms with Gasteiger partial charge in [-0.15, -0.1) is 0 Å². The molecule has 3 N–H and O–H groups in total. The van der Waals surface area contributed by atoms with Crippen molar-refractivity contribution in [1.82, 2.24) is 0 Å². The molecule has 4 nitrogen and oxygen atoms in total. The van der Waals surface area contributed by atoms with Crippen LogP contribution in [-0.4, -0.2) is 17.6 Å². The first-order valence-electron chi connectivity index (χ1n) is 9.55. The molecule has 28 heavy (non-hydrogen) atoms. The van der Waals surface area contributed by atoms with Crippen LogP contribution in [0.4, 0.5) is 4.39 Å². The number of carbonyl (C=O) groups excluding carboxylic acids is 1. The summed E-state index contributed by atoms with van der Waals surface area (Å²) >= 11 is 0. The smallest absolute Gasteiger partial charge is 0.252 e. The van der Waals surface area contributed by atoms with Crippen LogP contribution in [-0.2, 0) is 4.79 Å². The number of amides is 1. The third-order valence-corrected chi connectivity index (χ3v) is 4.74. The Labute approximate surface area is 165 Å². The van der Waals surface area contributed by atoms with E-state index < -0.39 is 11.8 Å². The van der Waals surface area contributed by atoms with Crippen LogP contribution in [0.25, 0.3) is 5.57 Å². The molecule has 2 aromatic rings. The van der Waals surface area contributed by atoms with E-state index >= 15 is 0 Å². The van der Waals surface area contributed by atoms with Gasteiger partial charge in [0.25, 0.3) is 5.91 Å². The molecule has 2 atom stereocenters. The van der Waals surface area contributed by atoms with Gasteiger partial charge in [-0.2, -0.15) is 0 Å². The van der Waals surface area contributed by atoms with Crippen molar-refractivity contribution in [2.75, 3.05) is 6.61 Å². The van der Waals surface area contributed by atoms with Gasteiger partial charge in [0.2, 0.25) is 0 Å². The number of benzene rings is 2. The second kappa shape index (κ2) is 9.93. The Morgan fingerprint density at radius 1 is 1.11 bits per heavy atom. The molecule has 0 aliphatic rings. The summed E-state index contributed by atoms with van der Waals surface area (Å²) in [6.07, 6.45) is 2.21. The summed E-state index contributed by atoms with van der Waals surface area (Å²) in [5.41, 5.74) is 6.77. The number of hydrogen-bond acceptors (Lipinski definition) is 3. The van der Waals surface area contributed by atoms with Crippen molar-refractivity contribution >= 4 is 11.5 Å². The van der Waals surface area contributed by atoms with Crippen molar-refractivity contribution in [3.8, 4) is 5.75 Å². The van der Waals surface area contributed by atoms with Gasteiger partial charge in [0.1, 0.15) is 17.3 Å². The Morgan fingerprint density at radius 3 is 2.25 bits per heavy atom. The van der Waals surface area contributed by atoms with E-state index in [1.165, 1.54) is 12.1 Å². The predicted octanol–water partition coefficient (Wildman–Crippen LogP) is 5.20. The van der Waals surface area contributed by atoms with Crippen LogP contribution in [0.15, 0.2) is 54.3 Å². The molecular formula is C23H28FNO3. The second-order valence-corrected chi connectivity index (χ2v) is 7.13. The van der Waals surface area contributed by atoms with E-state index in [-0.39, 0.29) is 17.1 Å². The number of hydrogen-bond donors (Lipinski definition) is 2. The van der Waals surface area contributed by atoms with Gasteiger partial charge in [0, 0.05) is 5.92 Å². The summed E-state index contributed by atoms with van der Waals surface area (Å²) in [4.78, 5) is 12.0. The minimum Gasteiger partial charge on any atom is -0.511 e. The van der Waals surface area contributed by atoms with Crippen molar-refractivity contribution < 1.29 is 19.0 Å². The maximum Gasteiger partial charge on any atom is 0.252 e. The Morgan fingerprint density at radius 2 is 1.71 bits per heavy atom. The number of carbonyl (C=O) groups is 1. The molecule has 2 aromatic carbocycles. The van der Waals surface area contributed by atoms with Gasteiger partial charge in [0.15, 0.2) is 0 Å². The normalized spacial score (nSPS) is 14.1. The molecule has 150 valence electrons. The number of allylic oxidation sites excluding steroid dienone is 1. The van der Waals surface area contributed by atoms with Gasteiger partial charge < -0.3 is 15.6 Å². The molecule has 5 heteroatoms. The lowest BCUT2D eigenvalue weighted by molar-refractivity contribution is -0.112. The van der Waals surface area contributed by atoms with Gasteiger partial charge in [0.05, 0.1) is 12.2 Å². The van der Waals surface area contributed by atoms with E-state index in [4.69, 9.17) is 10.5 Å². The molecule has 0 heterocycles. The van der Waals surface area contributed by atoms with Crippen LogP contribution in [0.3, 0.4) is 0 Å². The first-order valence-corrected chi connectivity index (χ1v) is 9.55. The van der Waals surface area contributed by atoms with E-state index in [2.05, 4.69) is 13.8 Å². The molecule has 0 saturated carbocycles. The number of primary amides is 1. The summed E-state index contributed by atoms with van der Waals surface area (Å²) in [6.45, 7) is 6.64. The molecule has 0 fully saturated rings. The third-order valence-electron chi connectivity index (χ3n) is 4.74. The minimum atomic E-state index is -0.725. The average molecular weight is 385 g/mol. The monoisotopic (exact) mass is 385 g/mol. The fourth-order valence-corrected chi connectivity index (χ4v) is 3.07. The number of aliphatic hydroxyl groups is 1. The summed E-state index contributed by atoms with van der Waals surface area (Å²) in [5, 5.41) is 10.7. The maximum atomic E-state index is 13.1. The van der Waals surface area contributed by atoms with Gasteiger partial charge >= 0.3 is 0 Å². The third kappa shape index (κ3) is 5.59. The highest BCUT2D eigenvalue weighted by atomic mass is 19.1. The highest BCUT2D eigenvalue weighted by Crippen LogP contribution is 2.30. The summed E-state index contributed by atoms with van der Waals surface area (Å²) in [5.74, 6) is -0.582. The highest BCUT2D eigenvalue weighted by Gasteiger charge is 2.21. The standard InChI is InChI=1S/C23H28FNO3/c1-4-5-15(2)14-28-20-12-8-18(9-13-20)21(23(25)27)22(26)16(3)17-6-10-19(24)11-7-17/h6-13,15-16,26H,4-5,14H2,1-3H3,(H2,25,27)/t15?,16-/m1/s1. The zero-order chi connectivity index (χ0) is 20.7. The Balaban J connectivity index is 2.23. The van der Waals surface area contributed by atoms with Crippen LogP contribution in [0, 0.1) is 11.7 Å². The Hall–Kier alpha value is -2.82. The van der Waals surface area contributed by atoms with Crippen molar-refractivity contribution in [3.05, 3.63) is 71.2 Å². The van der Waals surface area contributed by atoms with Crippen LogP contribution in [0.1, 0.15) is 50.7 Å². The van der Waals surface area contributed by atoms with Crippen LogP contribution in [0.2, 0.25) is 0 Å². The van der Waals surface area contributed by atoms with E-state index in [1.54, 1.807) is 43.3 Å². The predicted molar refractivity (Wildman–Crippen MR) is 110 cm³/mol. The maximum absolute atomic E-state index is 13.1. The molecule has 0 bridgehead atoms. The lowest BCUT2D eigenvalue weighted by Gasteiger charge is -2.16. The van der Waals surface area contributed by atoms with Gasteiger partial charge in [-0.25, -0.2) is 4.39 Å². The molecule has 1 unspecified atom stereocenters. The largest absolute Gasteiger partial charge is 0.511 e. The van der Waals surface area contributed by atoms with E-state index in [9.17, 15) is 14.3 Å².